The van der Waals surface area contributed by atoms with Gasteiger partial charge in [0.1, 0.15) is 11.8 Å². The van der Waals surface area contributed by atoms with Crippen LogP contribution in [0.3, 0.4) is 0 Å². The summed E-state index contributed by atoms with van der Waals surface area (Å²) in [4.78, 5) is 17.0. The Hall–Kier alpha value is -1.70. The van der Waals surface area contributed by atoms with Crippen molar-refractivity contribution in [2.24, 2.45) is 5.73 Å². The van der Waals surface area contributed by atoms with Gasteiger partial charge in [-0.25, -0.2) is 0 Å². The molecule has 0 saturated carbocycles. The van der Waals surface area contributed by atoms with Crippen LogP contribution in [-0.2, 0) is 16.9 Å². The minimum atomic E-state index is -1.02. The summed E-state index contributed by atoms with van der Waals surface area (Å²) in [5.74, 6) is -0.0362. The molecule has 1 aromatic heterocycles. The fraction of sp³-hybridized carbons (Fsp3) is 0.412. The number of nitrogens with zero attached hydrogens (tertiary/aromatic N) is 3. The average molecular weight is 393 g/mol. The Morgan fingerprint density at radius 1 is 1.25 bits per heavy atom. The highest BCUT2D eigenvalue weighted by molar-refractivity contribution is 9.10. The molecular weight excluding hydrogens is 372 g/mol. The van der Waals surface area contributed by atoms with Gasteiger partial charge >= 0.3 is 0 Å². The van der Waals surface area contributed by atoms with E-state index < -0.39 is 5.54 Å². The fourth-order valence-corrected chi connectivity index (χ4v) is 3.17. The van der Waals surface area contributed by atoms with Gasteiger partial charge in [-0.3, -0.25) is 9.69 Å². The molecule has 1 fully saturated rings. The third-order valence-electron chi connectivity index (χ3n) is 4.42. The molecule has 24 heavy (non-hydrogen) atoms. The Morgan fingerprint density at radius 3 is 2.50 bits per heavy atom. The molecular formula is C17H21BrN4O2. The van der Waals surface area contributed by atoms with E-state index in [4.69, 9.17) is 10.3 Å². The normalized spacial score (nSPS) is 18.4. The van der Waals surface area contributed by atoms with E-state index in [0.717, 1.165) is 35.4 Å². The van der Waals surface area contributed by atoms with E-state index in [1.165, 1.54) is 0 Å². The van der Waals surface area contributed by atoms with E-state index in [1.807, 2.05) is 35.2 Å². The van der Waals surface area contributed by atoms with E-state index in [9.17, 15) is 4.79 Å². The number of amides is 1. The molecule has 0 spiro atoms. The molecule has 1 atom stereocenters. The quantitative estimate of drug-likeness (QED) is 0.860. The second-order valence-electron chi connectivity index (χ2n) is 6.27. The van der Waals surface area contributed by atoms with Gasteiger partial charge in [0.05, 0.1) is 5.69 Å². The van der Waals surface area contributed by atoms with Crippen LogP contribution in [0.15, 0.2) is 45.6 Å². The maximum atomic E-state index is 12.9. The van der Waals surface area contributed by atoms with E-state index in [2.05, 4.69) is 26.0 Å². The number of aromatic nitrogens is 1. The van der Waals surface area contributed by atoms with E-state index in [1.54, 1.807) is 13.2 Å². The first-order valence-electron chi connectivity index (χ1n) is 7.93. The van der Waals surface area contributed by atoms with Crippen LogP contribution >= 0.6 is 15.9 Å². The second kappa shape index (κ2) is 7.04. The van der Waals surface area contributed by atoms with Gasteiger partial charge < -0.3 is 15.2 Å². The summed E-state index contributed by atoms with van der Waals surface area (Å²) < 4.78 is 5.82. The minimum Gasteiger partial charge on any atom is -0.364 e. The number of rotatable bonds is 4. The summed E-state index contributed by atoms with van der Waals surface area (Å²) in [6, 6.07) is 9.46. The van der Waals surface area contributed by atoms with Gasteiger partial charge in [0.2, 0.25) is 5.91 Å². The lowest BCUT2D eigenvalue weighted by molar-refractivity contribution is -0.138. The first kappa shape index (κ1) is 17.1. The maximum Gasteiger partial charge on any atom is 0.247 e. The Labute approximate surface area is 149 Å². The summed E-state index contributed by atoms with van der Waals surface area (Å²) in [6.45, 7) is 5.45. The number of nitrogens with two attached hydrogens (primary N) is 1. The van der Waals surface area contributed by atoms with Crippen molar-refractivity contribution < 1.29 is 9.32 Å². The van der Waals surface area contributed by atoms with Crippen LogP contribution in [0.4, 0.5) is 0 Å². The first-order chi connectivity index (χ1) is 11.5. The van der Waals surface area contributed by atoms with Crippen molar-refractivity contribution in [3.8, 4) is 0 Å². The van der Waals surface area contributed by atoms with Crippen LogP contribution in [0.1, 0.15) is 18.2 Å². The van der Waals surface area contributed by atoms with Crippen molar-refractivity contribution in [2.75, 3.05) is 26.2 Å². The molecule has 2 N–H and O–H groups in total. The highest BCUT2D eigenvalue weighted by Crippen LogP contribution is 2.23. The van der Waals surface area contributed by atoms with Crippen molar-refractivity contribution in [1.82, 2.24) is 15.0 Å². The molecule has 3 rings (SSSR count). The largest absolute Gasteiger partial charge is 0.364 e. The molecule has 2 aromatic rings. The third kappa shape index (κ3) is 3.68. The molecule has 1 unspecified atom stereocenters. The number of halogens is 1. The molecule has 1 aromatic carbocycles. The molecule has 1 aliphatic heterocycles. The number of benzene rings is 1. The number of hydrogen-bond acceptors (Lipinski definition) is 5. The van der Waals surface area contributed by atoms with Gasteiger partial charge in [-0.05, 0) is 24.6 Å². The summed E-state index contributed by atoms with van der Waals surface area (Å²) in [7, 11) is 0. The first-order valence-corrected chi connectivity index (χ1v) is 8.72. The zero-order valence-corrected chi connectivity index (χ0v) is 15.2. The highest BCUT2D eigenvalue weighted by Gasteiger charge is 2.35. The highest BCUT2D eigenvalue weighted by atomic mass is 79.9. The molecule has 1 aliphatic rings. The Balaban J connectivity index is 1.60. The summed E-state index contributed by atoms with van der Waals surface area (Å²) in [5.41, 5.74) is 7.08. The van der Waals surface area contributed by atoms with Gasteiger partial charge in [0, 0.05) is 43.3 Å². The van der Waals surface area contributed by atoms with Gasteiger partial charge in [-0.15, -0.1) is 0 Å². The monoisotopic (exact) mass is 392 g/mol. The van der Waals surface area contributed by atoms with Crippen molar-refractivity contribution in [1.29, 1.82) is 0 Å². The Bertz CT molecular complexity index is 677. The number of hydrogen-bond donors (Lipinski definition) is 1. The molecule has 0 aliphatic carbocycles. The zero-order chi connectivity index (χ0) is 17.2. The maximum absolute atomic E-state index is 12.9. The lowest BCUT2D eigenvalue weighted by Crippen LogP contribution is -2.56. The fourth-order valence-electron chi connectivity index (χ4n) is 2.91. The predicted octanol–water partition coefficient (Wildman–Crippen LogP) is 1.96. The lowest BCUT2D eigenvalue weighted by Gasteiger charge is -2.38. The Kier molecular flexibility index (Phi) is 5.03. The summed E-state index contributed by atoms with van der Waals surface area (Å²) in [5, 5.41) is 3.93. The molecule has 1 saturated heterocycles. The van der Waals surface area contributed by atoms with Crippen LogP contribution in [0.5, 0.6) is 0 Å². The van der Waals surface area contributed by atoms with Gasteiger partial charge in [0.15, 0.2) is 0 Å². The van der Waals surface area contributed by atoms with Gasteiger partial charge in [-0.2, -0.15) is 0 Å². The smallest absolute Gasteiger partial charge is 0.247 e. The number of piperazine rings is 1. The van der Waals surface area contributed by atoms with Gasteiger partial charge in [0.25, 0.3) is 0 Å². The summed E-state index contributed by atoms with van der Waals surface area (Å²) >= 11 is 3.40. The SMILES string of the molecule is CC(N)(C(=O)N1CCN(Cc2ccon2)CC1)c1ccc(Br)cc1. The van der Waals surface area contributed by atoms with E-state index >= 15 is 0 Å². The molecule has 0 bridgehead atoms. The van der Waals surface area contributed by atoms with Crippen LogP contribution < -0.4 is 5.73 Å². The lowest BCUT2D eigenvalue weighted by atomic mass is 9.91. The molecule has 1 amide bonds. The molecule has 6 nitrogen and oxygen atoms in total. The topological polar surface area (TPSA) is 75.6 Å². The molecule has 0 radical (unpaired) electrons. The standard InChI is InChI=1S/C17H21BrN4O2/c1-17(19,13-2-4-14(18)5-3-13)16(23)22-9-7-21(8-10-22)12-15-6-11-24-20-15/h2-6,11H,7-10,12,19H2,1H3. The van der Waals surface area contributed by atoms with Crippen molar-refractivity contribution in [2.45, 2.75) is 19.0 Å². The van der Waals surface area contributed by atoms with Crippen LogP contribution in [0.2, 0.25) is 0 Å². The van der Waals surface area contributed by atoms with E-state index in [-0.39, 0.29) is 5.91 Å². The second-order valence-corrected chi connectivity index (χ2v) is 7.18. The molecule has 7 heteroatoms. The predicted molar refractivity (Wildman–Crippen MR) is 94.0 cm³/mol. The average Bonchev–Trinajstić information content (AvgIpc) is 3.08. The van der Waals surface area contributed by atoms with Crippen LogP contribution in [-0.4, -0.2) is 47.0 Å². The summed E-state index contributed by atoms with van der Waals surface area (Å²) in [6.07, 6.45) is 1.58. The third-order valence-corrected chi connectivity index (χ3v) is 4.95. The van der Waals surface area contributed by atoms with Crippen LogP contribution in [0.25, 0.3) is 0 Å². The van der Waals surface area contributed by atoms with E-state index in [0.29, 0.717) is 13.1 Å². The molecule has 2 heterocycles. The van der Waals surface area contributed by atoms with Crippen molar-refractivity contribution in [3.63, 3.8) is 0 Å². The van der Waals surface area contributed by atoms with Crippen LogP contribution in [0, 0.1) is 0 Å². The van der Waals surface area contributed by atoms with Crippen molar-refractivity contribution in [3.05, 3.63) is 52.3 Å². The Morgan fingerprint density at radius 2 is 1.92 bits per heavy atom. The molecule has 128 valence electrons. The number of carbonyl (C=O) groups is 1. The van der Waals surface area contributed by atoms with Gasteiger partial charge in [-0.1, -0.05) is 33.2 Å². The number of carbonyl (C=O) groups excluding carboxylic acids is 1. The zero-order valence-electron chi connectivity index (χ0n) is 13.6. The minimum absolute atomic E-state index is 0.0362. The van der Waals surface area contributed by atoms with Crippen molar-refractivity contribution >= 4 is 21.8 Å².